The number of carbonyl (C=O) groups excluding carboxylic acids is 2. The van der Waals surface area contributed by atoms with Crippen LogP contribution in [0.5, 0.6) is 0 Å². The van der Waals surface area contributed by atoms with E-state index in [1.165, 1.54) is 11.3 Å². The van der Waals surface area contributed by atoms with E-state index < -0.39 is 5.91 Å². The lowest BCUT2D eigenvalue weighted by Gasteiger charge is -2.02. The Morgan fingerprint density at radius 1 is 1.53 bits per heavy atom. The Morgan fingerprint density at radius 2 is 2.20 bits per heavy atom. The molecule has 0 spiro atoms. The summed E-state index contributed by atoms with van der Waals surface area (Å²) in [6, 6.07) is 1.69. The summed E-state index contributed by atoms with van der Waals surface area (Å²) in [5, 5.41) is 3.25. The number of carbonyl (C=O) groups is 2. The molecule has 0 unspecified atom stereocenters. The van der Waals surface area contributed by atoms with E-state index in [0.29, 0.717) is 17.0 Å². The number of hydrogen-bond donors (Lipinski definition) is 2. The van der Waals surface area contributed by atoms with Crippen molar-refractivity contribution in [1.29, 1.82) is 0 Å². The third-order valence-corrected chi connectivity index (χ3v) is 2.82. The number of aryl methyl sites for hydroxylation is 1. The van der Waals surface area contributed by atoms with Gasteiger partial charge < -0.3 is 11.1 Å². The molecule has 3 N–H and O–H groups in total. The van der Waals surface area contributed by atoms with E-state index in [-0.39, 0.29) is 5.91 Å². The number of nitrogens with two attached hydrogens (primary N) is 1. The second-order valence-corrected chi connectivity index (χ2v) is 4.52. The van der Waals surface area contributed by atoms with Crippen LogP contribution in [0.2, 0.25) is 0 Å². The van der Waals surface area contributed by atoms with E-state index in [1.54, 1.807) is 6.07 Å². The molecule has 0 saturated heterocycles. The van der Waals surface area contributed by atoms with E-state index >= 15 is 0 Å². The predicted octanol–water partition coefficient (Wildman–Crippen LogP) is 1.89. The van der Waals surface area contributed by atoms with Crippen LogP contribution >= 0.6 is 11.3 Å². The zero-order chi connectivity index (χ0) is 11.4. The quantitative estimate of drug-likeness (QED) is 0.823. The molecular weight excluding hydrogens is 212 g/mol. The van der Waals surface area contributed by atoms with Crippen LogP contribution in [-0.4, -0.2) is 11.8 Å². The van der Waals surface area contributed by atoms with Crippen molar-refractivity contribution >= 4 is 28.2 Å². The van der Waals surface area contributed by atoms with E-state index in [9.17, 15) is 9.59 Å². The molecule has 0 aliphatic carbocycles. The monoisotopic (exact) mass is 226 g/mol. The van der Waals surface area contributed by atoms with Gasteiger partial charge >= 0.3 is 0 Å². The summed E-state index contributed by atoms with van der Waals surface area (Å²) in [5.41, 5.74) is 5.58. The van der Waals surface area contributed by atoms with Crippen molar-refractivity contribution in [3.63, 3.8) is 0 Å². The number of anilines is 1. The van der Waals surface area contributed by atoms with Gasteiger partial charge in [-0.1, -0.05) is 6.92 Å². The number of hydrogen-bond acceptors (Lipinski definition) is 3. The number of rotatable bonds is 4. The van der Waals surface area contributed by atoms with Crippen LogP contribution < -0.4 is 11.1 Å². The smallest absolute Gasteiger partial charge is 0.251 e. The fraction of sp³-hybridized carbons (Fsp3) is 0.400. The highest BCUT2D eigenvalue weighted by Gasteiger charge is 2.13. The molecule has 15 heavy (non-hydrogen) atoms. The Morgan fingerprint density at radius 3 is 2.73 bits per heavy atom. The highest BCUT2D eigenvalue weighted by molar-refractivity contribution is 7.16. The summed E-state index contributed by atoms with van der Waals surface area (Å²) >= 11 is 1.36. The molecule has 0 aliphatic rings. The van der Waals surface area contributed by atoms with Crippen LogP contribution in [0.3, 0.4) is 0 Å². The molecule has 82 valence electrons. The van der Waals surface area contributed by atoms with Crippen molar-refractivity contribution in [2.24, 2.45) is 5.73 Å². The Hall–Kier alpha value is -1.36. The molecule has 0 bridgehead atoms. The molecule has 0 atom stereocenters. The minimum Gasteiger partial charge on any atom is -0.366 e. The molecule has 1 heterocycles. The van der Waals surface area contributed by atoms with Gasteiger partial charge in [0.1, 0.15) is 5.00 Å². The molecule has 1 aromatic rings. The summed E-state index contributed by atoms with van der Waals surface area (Å²) in [6.45, 7) is 3.79. The van der Waals surface area contributed by atoms with Gasteiger partial charge in [0.05, 0.1) is 5.56 Å². The molecular formula is C10H14N2O2S. The van der Waals surface area contributed by atoms with Gasteiger partial charge in [0, 0.05) is 11.3 Å². The minimum atomic E-state index is -0.508. The van der Waals surface area contributed by atoms with Crippen molar-refractivity contribution < 1.29 is 9.59 Å². The second-order valence-electron chi connectivity index (χ2n) is 3.26. The summed E-state index contributed by atoms with van der Waals surface area (Å²) in [6.07, 6.45) is 1.23. The zero-order valence-electron chi connectivity index (χ0n) is 8.79. The molecule has 0 saturated carbocycles. The van der Waals surface area contributed by atoms with Gasteiger partial charge in [0.25, 0.3) is 5.91 Å². The lowest BCUT2D eigenvalue weighted by atomic mass is 10.2. The van der Waals surface area contributed by atoms with Gasteiger partial charge in [-0.2, -0.15) is 0 Å². The first-order chi connectivity index (χ1) is 7.04. The first-order valence-corrected chi connectivity index (χ1v) is 5.56. The summed E-state index contributed by atoms with van der Waals surface area (Å²) in [5.74, 6) is -0.590. The third kappa shape index (κ3) is 3.06. The second kappa shape index (κ2) is 4.93. The van der Waals surface area contributed by atoms with Crippen LogP contribution in [0, 0.1) is 6.92 Å². The van der Waals surface area contributed by atoms with Crippen molar-refractivity contribution in [1.82, 2.24) is 0 Å². The van der Waals surface area contributed by atoms with E-state index in [2.05, 4.69) is 5.32 Å². The molecule has 0 radical (unpaired) electrons. The Bertz CT molecular complexity index is 385. The van der Waals surface area contributed by atoms with Crippen LogP contribution in [0.4, 0.5) is 5.00 Å². The van der Waals surface area contributed by atoms with E-state index in [4.69, 9.17) is 5.73 Å². The van der Waals surface area contributed by atoms with Crippen LogP contribution in [-0.2, 0) is 4.79 Å². The van der Waals surface area contributed by atoms with E-state index in [1.807, 2.05) is 13.8 Å². The average molecular weight is 226 g/mol. The third-order valence-electron chi connectivity index (χ3n) is 1.85. The van der Waals surface area contributed by atoms with Crippen LogP contribution in [0.1, 0.15) is 35.0 Å². The van der Waals surface area contributed by atoms with Crippen molar-refractivity contribution in [3.05, 3.63) is 16.5 Å². The number of nitrogens with one attached hydrogen (secondary N) is 1. The van der Waals surface area contributed by atoms with Crippen molar-refractivity contribution in [2.45, 2.75) is 26.7 Å². The predicted molar refractivity (Wildman–Crippen MR) is 61.1 cm³/mol. The fourth-order valence-electron chi connectivity index (χ4n) is 1.21. The lowest BCUT2D eigenvalue weighted by molar-refractivity contribution is -0.116. The maximum Gasteiger partial charge on any atom is 0.251 e. The number of primary amides is 1. The lowest BCUT2D eigenvalue weighted by Crippen LogP contribution is -2.15. The van der Waals surface area contributed by atoms with Crippen LogP contribution in [0.25, 0.3) is 0 Å². The molecule has 0 aliphatic heterocycles. The summed E-state index contributed by atoms with van der Waals surface area (Å²) in [4.78, 5) is 23.3. The van der Waals surface area contributed by atoms with Gasteiger partial charge in [-0.25, -0.2) is 0 Å². The Labute approximate surface area is 92.5 Å². The molecule has 5 heteroatoms. The Balaban J connectivity index is 2.84. The first kappa shape index (κ1) is 11.7. The van der Waals surface area contributed by atoms with Crippen molar-refractivity contribution in [2.75, 3.05) is 5.32 Å². The average Bonchev–Trinajstić information content (AvgIpc) is 2.47. The summed E-state index contributed by atoms with van der Waals surface area (Å²) in [7, 11) is 0. The van der Waals surface area contributed by atoms with E-state index in [0.717, 1.165) is 11.3 Å². The maximum absolute atomic E-state index is 11.3. The van der Waals surface area contributed by atoms with Gasteiger partial charge in [-0.05, 0) is 19.4 Å². The van der Waals surface area contributed by atoms with Gasteiger partial charge in [0.2, 0.25) is 5.91 Å². The molecule has 0 fully saturated rings. The molecule has 4 nitrogen and oxygen atoms in total. The standard InChI is InChI=1S/C10H14N2O2S/c1-3-4-8(13)12-10-7(9(11)14)5-6(2)15-10/h5H,3-4H2,1-2H3,(H2,11,14)(H,12,13). The van der Waals surface area contributed by atoms with Gasteiger partial charge in [0.15, 0.2) is 0 Å². The molecule has 0 aromatic carbocycles. The Kier molecular flexibility index (Phi) is 3.85. The molecule has 1 rings (SSSR count). The highest BCUT2D eigenvalue weighted by atomic mass is 32.1. The zero-order valence-corrected chi connectivity index (χ0v) is 9.61. The topological polar surface area (TPSA) is 72.2 Å². The van der Waals surface area contributed by atoms with Crippen molar-refractivity contribution in [3.8, 4) is 0 Å². The first-order valence-electron chi connectivity index (χ1n) is 4.74. The fourth-order valence-corrected chi connectivity index (χ4v) is 2.14. The largest absolute Gasteiger partial charge is 0.366 e. The summed E-state index contributed by atoms with van der Waals surface area (Å²) < 4.78 is 0. The minimum absolute atomic E-state index is 0.0816. The van der Waals surface area contributed by atoms with Gasteiger partial charge in [-0.3, -0.25) is 9.59 Å². The van der Waals surface area contributed by atoms with Gasteiger partial charge in [-0.15, -0.1) is 11.3 Å². The van der Waals surface area contributed by atoms with Crippen LogP contribution in [0.15, 0.2) is 6.07 Å². The normalized spacial score (nSPS) is 10.0. The molecule has 1 aromatic heterocycles. The number of thiophene rings is 1. The SMILES string of the molecule is CCCC(=O)Nc1sc(C)cc1C(N)=O. The highest BCUT2D eigenvalue weighted by Crippen LogP contribution is 2.27. The number of amides is 2. The molecule has 2 amide bonds. The maximum atomic E-state index is 11.3.